The second-order valence-electron chi connectivity index (χ2n) is 3.41. The van der Waals surface area contributed by atoms with Gasteiger partial charge in [-0.3, -0.25) is 0 Å². The van der Waals surface area contributed by atoms with Crippen molar-refractivity contribution < 1.29 is 0 Å². The maximum absolute atomic E-state index is 6.02. The second kappa shape index (κ2) is 5.85. The molecule has 0 bridgehead atoms. The summed E-state index contributed by atoms with van der Waals surface area (Å²) in [6, 6.07) is 5.56. The molecule has 0 amide bonds. The van der Waals surface area contributed by atoms with Crippen molar-refractivity contribution in [1.29, 1.82) is 0 Å². The van der Waals surface area contributed by atoms with Crippen molar-refractivity contribution in [3.63, 3.8) is 0 Å². The van der Waals surface area contributed by atoms with Gasteiger partial charge in [0, 0.05) is 15.4 Å². The van der Waals surface area contributed by atoms with Crippen LogP contribution in [0.25, 0.3) is 0 Å². The molecule has 1 atom stereocenters. The van der Waals surface area contributed by atoms with Crippen molar-refractivity contribution >= 4 is 34.8 Å². The Morgan fingerprint density at radius 2 is 2.00 bits per heavy atom. The minimum absolute atomic E-state index is 0.230. The minimum Gasteiger partial charge on any atom is -0.123 e. The van der Waals surface area contributed by atoms with Gasteiger partial charge in [0.15, 0.2) is 0 Å². The van der Waals surface area contributed by atoms with Crippen molar-refractivity contribution in [1.82, 2.24) is 0 Å². The number of hydrogen-bond acceptors (Lipinski definition) is 0. The molecule has 0 fully saturated rings. The van der Waals surface area contributed by atoms with Gasteiger partial charge in [0.25, 0.3) is 0 Å². The standard InChI is InChI=1S/C11H13Cl3/c1-8(12)3-2-4-9-7-10(13)5-6-11(9)14/h5-8H,2-4H2,1H3. The van der Waals surface area contributed by atoms with Crippen LogP contribution in [0.2, 0.25) is 10.0 Å². The fraction of sp³-hybridized carbons (Fsp3) is 0.455. The predicted molar refractivity (Wildman–Crippen MR) is 64.7 cm³/mol. The zero-order valence-electron chi connectivity index (χ0n) is 8.06. The van der Waals surface area contributed by atoms with E-state index in [9.17, 15) is 0 Å². The molecule has 0 aliphatic heterocycles. The molecule has 14 heavy (non-hydrogen) atoms. The van der Waals surface area contributed by atoms with Crippen LogP contribution in [0.15, 0.2) is 18.2 Å². The Kier molecular flexibility index (Phi) is 5.08. The summed E-state index contributed by atoms with van der Waals surface area (Å²) in [5.41, 5.74) is 1.11. The van der Waals surface area contributed by atoms with E-state index < -0.39 is 0 Å². The molecular weight excluding hydrogens is 238 g/mol. The van der Waals surface area contributed by atoms with E-state index in [1.165, 1.54) is 0 Å². The molecule has 1 aromatic carbocycles. The van der Waals surface area contributed by atoms with Gasteiger partial charge < -0.3 is 0 Å². The highest BCUT2D eigenvalue weighted by atomic mass is 35.5. The van der Waals surface area contributed by atoms with Crippen LogP contribution in [0.3, 0.4) is 0 Å². The van der Waals surface area contributed by atoms with Crippen molar-refractivity contribution in [2.24, 2.45) is 0 Å². The topological polar surface area (TPSA) is 0 Å². The van der Waals surface area contributed by atoms with Crippen molar-refractivity contribution in [2.45, 2.75) is 31.6 Å². The number of alkyl halides is 1. The van der Waals surface area contributed by atoms with E-state index in [-0.39, 0.29) is 5.38 Å². The zero-order valence-corrected chi connectivity index (χ0v) is 10.3. The van der Waals surface area contributed by atoms with Crippen LogP contribution < -0.4 is 0 Å². The third-order valence-electron chi connectivity index (χ3n) is 2.06. The SMILES string of the molecule is CC(Cl)CCCc1cc(Cl)ccc1Cl. The van der Waals surface area contributed by atoms with Gasteiger partial charge in [-0.05, 0) is 49.9 Å². The molecule has 1 aromatic rings. The van der Waals surface area contributed by atoms with Gasteiger partial charge in [-0.1, -0.05) is 23.2 Å². The molecule has 0 aliphatic rings. The lowest BCUT2D eigenvalue weighted by Crippen LogP contribution is -1.93. The first-order valence-corrected chi connectivity index (χ1v) is 5.87. The van der Waals surface area contributed by atoms with Gasteiger partial charge in [0.1, 0.15) is 0 Å². The largest absolute Gasteiger partial charge is 0.123 e. The average Bonchev–Trinajstić information content (AvgIpc) is 2.10. The molecule has 0 saturated heterocycles. The lowest BCUT2D eigenvalue weighted by Gasteiger charge is -2.05. The third kappa shape index (κ3) is 4.08. The number of aryl methyl sites for hydroxylation is 1. The van der Waals surface area contributed by atoms with E-state index in [0.717, 1.165) is 34.9 Å². The van der Waals surface area contributed by atoms with Gasteiger partial charge in [0.05, 0.1) is 0 Å². The van der Waals surface area contributed by atoms with Crippen LogP contribution in [0, 0.1) is 0 Å². The monoisotopic (exact) mass is 250 g/mol. The highest BCUT2D eigenvalue weighted by molar-refractivity contribution is 6.33. The summed E-state index contributed by atoms with van der Waals surface area (Å²) in [6.45, 7) is 2.00. The Morgan fingerprint density at radius 3 is 2.64 bits per heavy atom. The minimum atomic E-state index is 0.230. The normalized spacial score (nSPS) is 12.9. The molecule has 0 nitrogen and oxygen atoms in total. The first-order valence-electron chi connectivity index (χ1n) is 4.67. The molecule has 0 aromatic heterocycles. The van der Waals surface area contributed by atoms with Crippen molar-refractivity contribution in [3.8, 4) is 0 Å². The smallest absolute Gasteiger partial charge is 0.0439 e. The molecule has 3 heteroatoms. The summed E-state index contributed by atoms with van der Waals surface area (Å²) in [7, 11) is 0. The van der Waals surface area contributed by atoms with Crippen LogP contribution in [0.5, 0.6) is 0 Å². The third-order valence-corrected chi connectivity index (χ3v) is 2.88. The second-order valence-corrected chi connectivity index (χ2v) is 5.00. The van der Waals surface area contributed by atoms with E-state index in [1.807, 2.05) is 19.1 Å². The summed E-state index contributed by atoms with van der Waals surface area (Å²) in [5, 5.41) is 1.76. The van der Waals surface area contributed by atoms with Crippen LogP contribution in [0.1, 0.15) is 25.3 Å². The lowest BCUT2D eigenvalue weighted by atomic mass is 10.1. The molecule has 0 heterocycles. The molecule has 1 unspecified atom stereocenters. The molecule has 0 saturated carbocycles. The Morgan fingerprint density at radius 1 is 1.29 bits per heavy atom. The van der Waals surface area contributed by atoms with Crippen LogP contribution in [-0.4, -0.2) is 5.38 Å². The Balaban J connectivity index is 2.53. The average molecular weight is 252 g/mol. The summed E-state index contributed by atoms with van der Waals surface area (Å²) in [4.78, 5) is 0. The van der Waals surface area contributed by atoms with Crippen LogP contribution in [0.4, 0.5) is 0 Å². The molecule has 1 rings (SSSR count). The van der Waals surface area contributed by atoms with Crippen molar-refractivity contribution in [2.75, 3.05) is 0 Å². The van der Waals surface area contributed by atoms with E-state index in [0.29, 0.717) is 0 Å². The fourth-order valence-electron chi connectivity index (χ4n) is 1.31. The molecule has 0 aliphatic carbocycles. The zero-order chi connectivity index (χ0) is 10.6. The van der Waals surface area contributed by atoms with Gasteiger partial charge in [-0.2, -0.15) is 0 Å². The van der Waals surface area contributed by atoms with E-state index in [1.54, 1.807) is 6.07 Å². The summed E-state index contributed by atoms with van der Waals surface area (Å²) < 4.78 is 0. The van der Waals surface area contributed by atoms with Crippen molar-refractivity contribution in [3.05, 3.63) is 33.8 Å². The molecule has 0 spiro atoms. The van der Waals surface area contributed by atoms with Crippen LogP contribution in [-0.2, 0) is 6.42 Å². The maximum Gasteiger partial charge on any atom is 0.0439 e. The van der Waals surface area contributed by atoms with Crippen LogP contribution >= 0.6 is 34.8 Å². The Bertz CT molecular complexity index is 295. The number of hydrogen-bond donors (Lipinski definition) is 0. The number of halogens is 3. The van der Waals surface area contributed by atoms with E-state index >= 15 is 0 Å². The molecule has 78 valence electrons. The quantitative estimate of drug-likeness (QED) is 0.665. The Hall–Kier alpha value is 0.0900. The van der Waals surface area contributed by atoms with E-state index in [2.05, 4.69) is 0 Å². The Labute approximate surface area is 100 Å². The van der Waals surface area contributed by atoms with E-state index in [4.69, 9.17) is 34.8 Å². The lowest BCUT2D eigenvalue weighted by molar-refractivity contribution is 0.724. The molecular formula is C11H13Cl3. The van der Waals surface area contributed by atoms with Gasteiger partial charge in [-0.25, -0.2) is 0 Å². The molecule has 0 N–H and O–H groups in total. The highest BCUT2D eigenvalue weighted by Crippen LogP contribution is 2.22. The highest BCUT2D eigenvalue weighted by Gasteiger charge is 2.02. The molecule has 0 radical (unpaired) electrons. The van der Waals surface area contributed by atoms with Gasteiger partial charge in [0.2, 0.25) is 0 Å². The fourth-order valence-corrected chi connectivity index (χ4v) is 1.87. The summed E-state index contributed by atoms with van der Waals surface area (Å²) >= 11 is 17.7. The summed E-state index contributed by atoms with van der Waals surface area (Å²) in [6.07, 6.45) is 2.99. The number of rotatable bonds is 4. The first-order chi connectivity index (χ1) is 6.59. The van der Waals surface area contributed by atoms with Gasteiger partial charge in [-0.15, -0.1) is 11.6 Å². The maximum atomic E-state index is 6.02. The van der Waals surface area contributed by atoms with Gasteiger partial charge >= 0.3 is 0 Å². The number of benzene rings is 1. The summed E-state index contributed by atoms with van der Waals surface area (Å²) in [5.74, 6) is 0. The first kappa shape index (κ1) is 12.2. The predicted octanol–water partition coefficient (Wildman–Crippen LogP) is 4.94.